The van der Waals surface area contributed by atoms with Crippen molar-refractivity contribution >= 4 is 5.91 Å². The third-order valence-electron chi connectivity index (χ3n) is 3.92. The molecule has 1 amide bonds. The first-order valence-corrected chi connectivity index (χ1v) is 7.93. The second kappa shape index (κ2) is 6.86. The molecule has 25 heavy (non-hydrogen) atoms. The minimum atomic E-state index is -1.17. The fourth-order valence-corrected chi connectivity index (χ4v) is 2.52. The lowest BCUT2D eigenvalue weighted by Crippen LogP contribution is -2.38. The van der Waals surface area contributed by atoms with Crippen LogP contribution in [0, 0.1) is 6.92 Å². The molecule has 6 nitrogen and oxygen atoms in total. The Hall–Kier alpha value is -2.99. The molecule has 0 aliphatic heterocycles. The maximum Gasteiger partial charge on any atom is 0.258 e. The molecule has 0 aliphatic rings. The van der Waals surface area contributed by atoms with Gasteiger partial charge in [0.2, 0.25) is 0 Å². The Balaban J connectivity index is 1.78. The maximum absolute atomic E-state index is 12.6. The molecule has 6 heteroatoms. The molecule has 0 bridgehead atoms. The van der Waals surface area contributed by atoms with Gasteiger partial charge in [0.15, 0.2) is 5.82 Å². The molecule has 1 atom stereocenters. The van der Waals surface area contributed by atoms with Crippen LogP contribution in [0.4, 0.5) is 0 Å². The second-order valence-electron chi connectivity index (χ2n) is 6.01. The van der Waals surface area contributed by atoms with Crippen molar-refractivity contribution in [3.05, 3.63) is 71.5 Å². The summed E-state index contributed by atoms with van der Waals surface area (Å²) < 4.78 is 5.17. The van der Waals surface area contributed by atoms with E-state index in [1.165, 1.54) is 0 Å². The number of hydrogen-bond acceptors (Lipinski definition) is 5. The molecule has 2 N–H and O–H groups in total. The van der Waals surface area contributed by atoms with Crippen molar-refractivity contribution < 1.29 is 14.4 Å². The summed E-state index contributed by atoms with van der Waals surface area (Å²) >= 11 is 0. The van der Waals surface area contributed by atoms with E-state index >= 15 is 0 Å². The average molecular weight is 337 g/mol. The summed E-state index contributed by atoms with van der Waals surface area (Å²) in [5.74, 6) is 0.470. The topological polar surface area (TPSA) is 88.2 Å². The highest BCUT2D eigenvalue weighted by atomic mass is 16.5. The van der Waals surface area contributed by atoms with Gasteiger partial charge in [0.25, 0.3) is 11.8 Å². The molecule has 3 rings (SSSR count). The normalized spacial score (nSPS) is 13.2. The van der Waals surface area contributed by atoms with E-state index in [1.54, 1.807) is 38.1 Å². The molecule has 1 heterocycles. The zero-order valence-electron chi connectivity index (χ0n) is 14.1. The highest BCUT2D eigenvalue weighted by Crippen LogP contribution is 2.23. The molecule has 1 unspecified atom stereocenters. The molecule has 3 aromatic rings. The Bertz CT molecular complexity index is 872. The third-order valence-corrected chi connectivity index (χ3v) is 3.92. The van der Waals surface area contributed by atoms with Crippen molar-refractivity contribution in [2.75, 3.05) is 6.54 Å². The number of amides is 1. The van der Waals surface area contributed by atoms with Gasteiger partial charge >= 0.3 is 0 Å². The Kier molecular flexibility index (Phi) is 4.63. The smallest absolute Gasteiger partial charge is 0.258 e. The molecular formula is C19H19N3O3. The van der Waals surface area contributed by atoms with E-state index in [9.17, 15) is 9.90 Å². The predicted octanol–water partition coefficient (Wildman–Crippen LogP) is 2.68. The van der Waals surface area contributed by atoms with E-state index < -0.39 is 5.60 Å². The van der Waals surface area contributed by atoms with E-state index in [2.05, 4.69) is 15.5 Å². The highest BCUT2D eigenvalue weighted by Gasteiger charge is 2.25. The van der Waals surface area contributed by atoms with Gasteiger partial charge in [0.05, 0.1) is 17.7 Å². The Morgan fingerprint density at radius 3 is 2.52 bits per heavy atom. The Morgan fingerprint density at radius 1 is 1.16 bits per heavy atom. The summed E-state index contributed by atoms with van der Waals surface area (Å²) in [5.41, 5.74) is 0.526. The lowest BCUT2D eigenvalue weighted by molar-refractivity contribution is 0.0526. The van der Waals surface area contributed by atoms with Gasteiger partial charge in [-0.3, -0.25) is 4.79 Å². The number of benzene rings is 2. The zero-order valence-corrected chi connectivity index (χ0v) is 14.1. The number of carbonyl (C=O) groups is 1. The molecule has 0 saturated carbocycles. The fourth-order valence-electron chi connectivity index (χ4n) is 2.52. The van der Waals surface area contributed by atoms with Gasteiger partial charge in [0, 0.05) is 0 Å². The number of hydrogen-bond donors (Lipinski definition) is 2. The molecule has 1 aromatic heterocycles. The summed E-state index contributed by atoms with van der Waals surface area (Å²) in [5, 5.41) is 17.2. The van der Waals surface area contributed by atoms with Gasteiger partial charge in [-0.25, -0.2) is 0 Å². The van der Waals surface area contributed by atoms with Gasteiger partial charge in [0.1, 0.15) is 5.60 Å². The first-order chi connectivity index (χ1) is 12.0. The van der Waals surface area contributed by atoms with Crippen LogP contribution in [0.2, 0.25) is 0 Å². The second-order valence-corrected chi connectivity index (χ2v) is 6.01. The predicted molar refractivity (Wildman–Crippen MR) is 92.8 cm³/mol. The monoisotopic (exact) mass is 337 g/mol. The Labute approximate surface area is 145 Å². The van der Waals surface area contributed by atoms with Crippen molar-refractivity contribution in [2.45, 2.75) is 19.4 Å². The van der Waals surface area contributed by atoms with Crippen LogP contribution in [0.1, 0.15) is 28.7 Å². The van der Waals surface area contributed by atoms with Gasteiger partial charge in [-0.1, -0.05) is 47.6 Å². The van der Waals surface area contributed by atoms with E-state index in [4.69, 9.17) is 4.52 Å². The summed E-state index contributed by atoms with van der Waals surface area (Å²) in [6.07, 6.45) is 0. The van der Waals surface area contributed by atoms with Crippen LogP contribution < -0.4 is 5.32 Å². The van der Waals surface area contributed by atoms with Gasteiger partial charge in [-0.15, -0.1) is 0 Å². The van der Waals surface area contributed by atoms with Crippen molar-refractivity contribution in [3.63, 3.8) is 0 Å². The summed E-state index contributed by atoms with van der Waals surface area (Å²) in [6, 6.07) is 16.2. The third kappa shape index (κ3) is 3.75. The van der Waals surface area contributed by atoms with Crippen LogP contribution in [0.15, 0.2) is 59.1 Å². The number of carbonyl (C=O) groups excluding carboxylic acids is 1. The largest absolute Gasteiger partial charge is 0.384 e. The van der Waals surface area contributed by atoms with Crippen LogP contribution in [0.25, 0.3) is 11.5 Å². The molecular weight excluding hydrogens is 318 g/mol. The van der Waals surface area contributed by atoms with Gasteiger partial charge < -0.3 is 14.9 Å². The maximum atomic E-state index is 12.6. The molecule has 0 saturated heterocycles. The van der Waals surface area contributed by atoms with Crippen LogP contribution in [0.5, 0.6) is 0 Å². The Morgan fingerprint density at radius 2 is 1.84 bits per heavy atom. The van der Waals surface area contributed by atoms with Crippen LogP contribution in [0.3, 0.4) is 0 Å². The van der Waals surface area contributed by atoms with Gasteiger partial charge in [-0.05, 0) is 31.5 Å². The first kappa shape index (κ1) is 16.9. The molecule has 0 spiro atoms. The first-order valence-electron chi connectivity index (χ1n) is 7.93. The van der Waals surface area contributed by atoms with Crippen LogP contribution >= 0.6 is 0 Å². The molecule has 128 valence electrons. The average Bonchev–Trinajstić information content (AvgIpc) is 3.07. The van der Waals surface area contributed by atoms with E-state index in [0.29, 0.717) is 17.0 Å². The fraction of sp³-hybridized carbons (Fsp3) is 0.211. The number of aliphatic hydroxyl groups is 1. The van der Waals surface area contributed by atoms with E-state index in [1.807, 2.05) is 30.3 Å². The highest BCUT2D eigenvalue weighted by molar-refractivity contribution is 5.99. The lowest BCUT2D eigenvalue weighted by atomic mass is 9.96. The van der Waals surface area contributed by atoms with Crippen molar-refractivity contribution in [3.8, 4) is 11.5 Å². The molecule has 2 aromatic carbocycles. The van der Waals surface area contributed by atoms with Crippen molar-refractivity contribution in [1.29, 1.82) is 0 Å². The van der Waals surface area contributed by atoms with Gasteiger partial charge in [-0.2, -0.15) is 4.98 Å². The number of nitrogens with zero attached hydrogens (tertiary/aromatic N) is 2. The molecule has 0 aliphatic carbocycles. The van der Waals surface area contributed by atoms with Crippen molar-refractivity contribution in [2.24, 2.45) is 0 Å². The summed E-state index contributed by atoms with van der Waals surface area (Å²) in [6.45, 7) is 3.45. The minimum Gasteiger partial charge on any atom is -0.384 e. The SMILES string of the molecule is Cc1noc(-c2ccccc2C(=O)NCC(C)(O)c2ccccc2)n1. The number of aryl methyl sites for hydroxylation is 1. The van der Waals surface area contributed by atoms with E-state index in [-0.39, 0.29) is 18.3 Å². The quantitative estimate of drug-likeness (QED) is 0.747. The molecule has 0 fully saturated rings. The lowest BCUT2D eigenvalue weighted by Gasteiger charge is -2.24. The number of nitrogens with one attached hydrogen (secondary N) is 1. The zero-order chi connectivity index (χ0) is 17.9. The standard InChI is InChI=1S/C19H19N3O3/c1-13-21-18(25-22-13)16-11-7-6-10-15(16)17(23)20-12-19(2,24)14-8-4-3-5-9-14/h3-11,24H,12H2,1-2H3,(H,20,23). The molecule has 0 radical (unpaired) electrons. The summed E-state index contributed by atoms with van der Waals surface area (Å²) in [4.78, 5) is 16.8. The van der Waals surface area contributed by atoms with Crippen LogP contribution in [-0.2, 0) is 5.60 Å². The number of aromatic nitrogens is 2. The minimum absolute atomic E-state index is 0.0764. The summed E-state index contributed by atoms with van der Waals surface area (Å²) in [7, 11) is 0. The van der Waals surface area contributed by atoms with Crippen molar-refractivity contribution in [1.82, 2.24) is 15.5 Å². The van der Waals surface area contributed by atoms with Crippen LogP contribution in [-0.4, -0.2) is 27.7 Å². The van der Waals surface area contributed by atoms with E-state index in [0.717, 1.165) is 5.56 Å². The number of rotatable bonds is 5.